The molecule has 3 nitrogen and oxygen atoms in total. The van der Waals surface area contributed by atoms with E-state index in [1.807, 2.05) is 0 Å². The molecule has 0 atom stereocenters. The van der Waals surface area contributed by atoms with E-state index in [1.165, 1.54) is 66.1 Å². The van der Waals surface area contributed by atoms with Gasteiger partial charge in [0.15, 0.2) is 5.58 Å². The Balaban J connectivity index is 1.08. The third-order valence-corrected chi connectivity index (χ3v) is 14.1. The van der Waals surface area contributed by atoms with Gasteiger partial charge in [0.1, 0.15) is 5.58 Å². The molecule has 66 heavy (non-hydrogen) atoms. The smallest absolute Gasteiger partial charge is 0.160 e. The molecule has 308 valence electrons. The van der Waals surface area contributed by atoms with Crippen LogP contribution in [0.5, 0.6) is 0 Å². The van der Waals surface area contributed by atoms with Crippen molar-refractivity contribution < 1.29 is 4.42 Å². The van der Waals surface area contributed by atoms with Crippen LogP contribution in [0.25, 0.3) is 65.7 Å². The van der Waals surface area contributed by atoms with Crippen LogP contribution in [0.3, 0.4) is 0 Å². The lowest BCUT2D eigenvalue weighted by molar-refractivity contribution is 0.669. The third-order valence-electron chi connectivity index (χ3n) is 14.1. The van der Waals surface area contributed by atoms with Crippen molar-refractivity contribution in [2.45, 2.75) is 5.41 Å². The fourth-order valence-corrected chi connectivity index (χ4v) is 11.5. The Bertz CT molecular complexity index is 3750. The fourth-order valence-electron chi connectivity index (χ4n) is 11.5. The summed E-state index contributed by atoms with van der Waals surface area (Å²) in [6.45, 7) is 0. The number of rotatable bonds is 6. The van der Waals surface area contributed by atoms with Gasteiger partial charge in [-0.05, 0) is 163 Å². The fraction of sp³-hybridized carbons (Fsp3) is 0.0159. The van der Waals surface area contributed by atoms with E-state index < -0.39 is 5.41 Å². The van der Waals surface area contributed by atoms with Crippen LogP contribution in [-0.4, -0.2) is 0 Å². The molecule has 3 heteroatoms. The summed E-state index contributed by atoms with van der Waals surface area (Å²) in [5.41, 5.74) is 18.0. The van der Waals surface area contributed by atoms with Crippen LogP contribution in [0, 0.1) is 0 Å². The summed E-state index contributed by atoms with van der Waals surface area (Å²) >= 11 is 0. The van der Waals surface area contributed by atoms with Crippen LogP contribution in [0.2, 0.25) is 0 Å². The predicted molar refractivity (Wildman–Crippen MR) is 274 cm³/mol. The number of anilines is 6. The van der Waals surface area contributed by atoms with Gasteiger partial charge in [0, 0.05) is 39.2 Å². The van der Waals surface area contributed by atoms with E-state index in [-0.39, 0.29) is 0 Å². The Morgan fingerprint density at radius 2 is 0.803 bits per heavy atom. The molecule has 0 N–H and O–H groups in total. The number of para-hydroxylation sites is 5. The van der Waals surface area contributed by atoms with E-state index in [0.29, 0.717) is 0 Å². The Morgan fingerprint density at radius 1 is 0.303 bits per heavy atom. The van der Waals surface area contributed by atoms with Crippen LogP contribution < -0.4 is 9.80 Å². The summed E-state index contributed by atoms with van der Waals surface area (Å²) in [5, 5.41) is 6.99. The zero-order chi connectivity index (χ0) is 43.3. The first-order valence-electron chi connectivity index (χ1n) is 22.7. The minimum Gasteiger partial charge on any atom is -0.454 e. The highest BCUT2D eigenvalue weighted by Gasteiger charge is 2.52. The van der Waals surface area contributed by atoms with E-state index in [0.717, 1.165) is 56.1 Å². The quantitative estimate of drug-likeness (QED) is 0.166. The van der Waals surface area contributed by atoms with E-state index in [2.05, 4.69) is 252 Å². The summed E-state index contributed by atoms with van der Waals surface area (Å²) < 4.78 is 7.00. The lowest BCUT2D eigenvalue weighted by Crippen LogP contribution is -2.25. The van der Waals surface area contributed by atoms with Crippen molar-refractivity contribution in [3.05, 3.63) is 265 Å². The minimum absolute atomic E-state index is 0.555. The topological polar surface area (TPSA) is 19.6 Å². The van der Waals surface area contributed by atoms with Gasteiger partial charge >= 0.3 is 0 Å². The second kappa shape index (κ2) is 14.2. The lowest BCUT2D eigenvalue weighted by atomic mass is 9.70. The molecule has 11 aromatic carbocycles. The Kier molecular flexibility index (Phi) is 7.90. The average Bonchev–Trinajstić information content (AvgIpc) is 4.01. The van der Waals surface area contributed by atoms with Crippen LogP contribution >= 0.6 is 0 Å². The Morgan fingerprint density at radius 3 is 1.41 bits per heavy atom. The maximum Gasteiger partial charge on any atom is 0.160 e. The van der Waals surface area contributed by atoms with Gasteiger partial charge in [0.05, 0.1) is 11.1 Å². The maximum absolute atomic E-state index is 7.00. The lowest BCUT2D eigenvalue weighted by Gasteiger charge is -2.31. The molecule has 1 aromatic heterocycles. The first-order chi connectivity index (χ1) is 32.7. The summed E-state index contributed by atoms with van der Waals surface area (Å²) in [5.74, 6) is 0. The molecule has 0 unspecified atom stereocenters. The summed E-state index contributed by atoms with van der Waals surface area (Å²) in [6.07, 6.45) is 0. The van der Waals surface area contributed by atoms with Gasteiger partial charge in [-0.3, -0.25) is 0 Å². The molecule has 1 spiro atoms. The highest BCUT2D eigenvalue weighted by atomic mass is 16.3. The SMILES string of the molecule is c1ccc(N(c2ccccc2)c2ccc3cc4c(cc3c2)C2(c3ccccc3-c3ccccc32)c2cc3cc(N(c5ccccc5)c5ccccc5)c5oc6ccccc6c5c3cc2-4)cc1. The number of benzene rings is 11. The molecule has 2 aliphatic carbocycles. The van der Waals surface area contributed by atoms with E-state index in [4.69, 9.17) is 4.42 Å². The van der Waals surface area contributed by atoms with Crippen LogP contribution in [-0.2, 0) is 5.41 Å². The monoisotopic (exact) mass is 840 g/mol. The number of hydrogen-bond donors (Lipinski definition) is 0. The van der Waals surface area contributed by atoms with Gasteiger partial charge < -0.3 is 14.2 Å². The van der Waals surface area contributed by atoms with E-state index in [9.17, 15) is 0 Å². The zero-order valence-corrected chi connectivity index (χ0v) is 35.9. The Hall–Kier alpha value is -8.66. The molecular weight excluding hydrogens is 801 g/mol. The van der Waals surface area contributed by atoms with Gasteiger partial charge in [0.25, 0.3) is 0 Å². The van der Waals surface area contributed by atoms with Crippen molar-refractivity contribution in [2.24, 2.45) is 0 Å². The maximum atomic E-state index is 7.00. The molecule has 2 aliphatic rings. The van der Waals surface area contributed by atoms with Crippen LogP contribution in [0.15, 0.2) is 247 Å². The molecule has 12 aromatic rings. The summed E-state index contributed by atoms with van der Waals surface area (Å²) in [4.78, 5) is 4.71. The molecular formula is C63H40N2O. The first-order valence-corrected chi connectivity index (χ1v) is 22.7. The molecule has 0 amide bonds. The summed E-state index contributed by atoms with van der Waals surface area (Å²) in [7, 11) is 0. The van der Waals surface area contributed by atoms with Crippen molar-refractivity contribution >= 4 is 77.6 Å². The molecule has 1 heterocycles. The molecule has 14 rings (SSSR count). The third kappa shape index (κ3) is 5.20. The highest BCUT2D eigenvalue weighted by Crippen LogP contribution is 2.64. The minimum atomic E-state index is -0.555. The largest absolute Gasteiger partial charge is 0.454 e. The summed E-state index contributed by atoms with van der Waals surface area (Å²) in [6, 6.07) is 88.7. The molecule has 0 saturated heterocycles. The van der Waals surface area contributed by atoms with Gasteiger partial charge in [-0.1, -0.05) is 146 Å². The van der Waals surface area contributed by atoms with Gasteiger partial charge in [-0.25, -0.2) is 0 Å². The zero-order valence-electron chi connectivity index (χ0n) is 35.9. The number of nitrogens with zero attached hydrogens (tertiary/aromatic N) is 2. The van der Waals surface area contributed by atoms with Crippen LogP contribution in [0.1, 0.15) is 22.3 Å². The van der Waals surface area contributed by atoms with Crippen molar-refractivity contribution in [1.82, 2.24) is 0 Å². The van der Waals surface area contributed by atoms with E-state index in [1.54, 1.807) is 0 Å². The average molecular weight is 841 g/mol. The standard InChI is InChI=1S/C63H40N2O/c1-5-19-44(20-6-1)64(45-21-7-2-8-22-45)48-34-33-41-36-53-54-40-52-43(38-58(54)63(57(53)37-42(41)35-48)55-30-16-13-27-49(55)50-28-14-17-31-56(50)63)39-59(62-61(52)51-29-15-18-32-60(51)66-62)65(46-23-9-3-10-24-46)47-25-11-4-12-26-47/h1-40H. The van der Waals surface area contributed by atoms with Crippen LogP contribution in [0.4, 0.5) is 34.1 Å². The highest BCUT2D eigenvalue weighted by molar-refractivity contribution is 6.24. The number of furan rings is 1. The second-order valence-corrected chi connectivity index (χ2v) is 17.6. The molecule has 0 aliphatic heterocycles. The second-order valence-electron chi connectivity index (χ2n) is 17.6. The normalized spacial score (nSPS) is 13.0. The van der Waals surface area contributed by atoms with E-state index >= 15 is 0 Å². The van der Waals surface area contributed by atoms with Crippen molar-refractivity contribution in [3.8, 4) is 22.3 Å². The molecule has 0 fully saturated rings. The van der Waals surface area contributed by atoms with Crippen molar-refractivity contribution in [3.63, 3.8) is 0 Å². The number of fused-ring (bicyclic) bond motifs is 16. The Labute approximate surface area is 382 Å². The predicted octanol–water partition coefficient (Wildman–Crippen LogP) is 17.2. The molecule has 0 saturated carbocycles. The molecule has 0 radical (unpaired) electrons. The van der Waals surface area contributed by atoms with Crippen molar-refractivity contribution in [1.29, 1.82) is 0 Å². The van der Waals surface area contributed by atoms with Crippen molar-refractivity contribution in [2.75, 3.05) is 9.80 Å². The molecule has 0 bridgehead atoms. The number of hydrogen-bond acceptors (Lipinski definition) is 3. The van der Waals surface area contributed by atoms with Gasteiger partial charge in [0.2, 0.25) is 0 Å². The first kappa shape index (κ1) is 36.8. The van der Waals surface area contributed by atoms with Gasteiger partial charge in [-0.2, -0.15) is 0 Å². The van der Waals surface area contributed by atoms with Gasteiger partial charge in [-0.15, -0.1) is 0 Å².